The van der Waals surface area contributed by atoms with Gasteiger partial charge in [-0.05, 0) is 42.5 Å². The van der Waals surface area contributed by atoms with Gasteiger partial charge in [0.25, 0.3) is 0 Å². The first-order valence-electron chi connectivity index (χ1n) is 12.4. The average Bonchev–Trinajstić information content (AvgIpc) is 2.91. The second-order valence-electron chi connectivity index (χ2n) is 9.37. The number of rotatable bonds is 4. The van der Waals surface area contributed by atoms with Gasteiger partial charge in [-0.25, -0.2) is 9.59 Å². The number of hydrogen-bond donors (Lipinski definition) is 0. The van der Waals surface area contributed by atoms with E-state index in [0.717, 1.165) is 5.39 Å². The van der Waals surface area contributed by atoms with Crippen LogP contribution in [-0.2, 0) is 16.5 Å². The van der Waals surface area contributed by atoms with E-state index in [1.807, 2.05) is 24.3 Å². The SMILES string of the molecule is Cc1cc(=O)oc2c(C=Nc3cccc4cccc(N=Cc5c([O-])ccc6c(C)cc(=O)oc56)c34)c([O-])ccc12.[Ni+2]. The van der Waals surface area contributed by atoms with Crippen LogP contribution in [0.2, 0.25) is 0 Å². The Kier molecular flexibility index (Phi) is 7.31. The van der Waals surface area contributed by atoms with Crippen LogP contribution in [0.3, 0.4) is 0 Å². The topological polar surface area (TPSA) is 131 Å². The minimum atomic E-state index is -0.552. The summed E-state index contributed by atoms with van der Waals surface area (Å²) in [5.74, 6) is -0.668. The van der Waals surface area contributed by atoms with Gasteiger partial charge in [0.05, 0.1) is 11.4 Å². The van der Waals surface area contributed by atoms with Crippen molar-refractivity contribution in [2.45, 2.75) is 13.8 Å². The van der Waals surface area contributed by atoms with Gasteiger partial charge in [-0.2, -0.15) is 0 Å². The molecule has 9 heteroatoms. The summed E-state index contributed by atoms with van der Waals surface area (Å²) in [4.78, 5) is 33.2. The van der Waals surface area contributed by atoms with E-state index in [1.54, 1.807) is 38.1 Å². The molecule has 4 aromatic carbocycles. The smallest absolute Gasteiger partial charge is 0.872 e. The number of aliphatic imine (C=N–C) groups is 2. The quantitative estimate of drug-likeness (QED) is 0.156. The van der Waals surface area contributed by atoms with Crippen molar-refractivity contribution in [2.75, 3.05) is 0 Å². The third-order valence-corrected chi connectivity index (χ3v) is 6.76. The molecule has 0 N–H and O–H groups in total. The third-order valence-electron chi connectivity index (χ3n) is 6.76. The van der Waals surface area contributed by atoms with Crippen LogP contribution in [-0.4, -0.2) is 12.4 Å². The Balaban J connectivity index is 0.00000337. The fourth-order valence-corrected chi connectivity index (χ4v) is 4.80. The molecule has 0 bridgehead atoms. The number of hydrogen-bond acceptors (Lipinski definition) is 8. The minimum absolute atomic E-state index is 0. The minimum Gasteiger partial charge on any atom is -0.872 e. The first-order chi connectivity index (χ1) is 19.3. The van der Waals surface area contributed by atoms with Gasteiger partial charge in [0.15, 0.2) is 0 Å². The summed E-state index contributed by atoms with van der Waals surface area (Å²) >= 11 is 0. The van der Waals surface area contributed by atoms with E-state index >= 15 is 0 Å². The van der Waals surface area contributed by atoms with Crippen LogP contribution in [0.25, 0.3) is 32.7 Å². The number of fused-ring (bicyclic) bond motifs is 3. The Labute approximate surface area is 242 Å². The zero-order valence-electron chi connectivity index (χ0n) is 21.7. The number of aryl methyl sites for hydroxylation is 2. The molecule has 2 heterocycles. The first-order valence-corrected chi connectivity index (χ1v) is 12.4. The zero-order chi connectivity index (χ0) is 28.0. The molecule has 0 amide bonds. The molecule has 41 heavy (non-hydrogen) atoms. The van der Waals surface area contributed by atoms with Gasteiger partial charge < -0.3 is 19.0 Å². The van der Waals surface area contributed by atoms with Gasteiger partial charge in [-0.3, -0.25) is 9.98 Å². The standard InChI is InChI=1S/C32H22N2O6.Ni/c1-17-13-28(37)39-31-20(17)9-11-26(35)22(31)15-33-24-7-3-5-19-6-4-8-25(30(19)24)34-16-23-27(36)12-10-21-18(2)14-29(38)40-32(21)23;/h3-16,35-36H,1-2H3;/q;+2/p-2. The summed E-state index contributed by atoms with van der Waals surface area (Å²) in [5, 5.41) is 28.2. The molecule has 8 nitrogen and oxygen atoms in total. The second-order valence-corrected chi connectivity index (χ2v) is 9.37. The van der Waals surface area contributed by atoms with Crippen molar-refractivity contribution in [3.05, 3.63) is 116 Å². The van der Waals surface area contributed by atoms with Crippen molar-refractivity contribution in [3.8, 4) is 11.5 Å². The zero-order valence-corrected chi connectivity index (χ0v) is 22.7. The van der Waals surface area contributed by atoms with Crippen LogP contribution < -0.4 is 21.5 Å². The van der Waals surface area contributed by atoms with Crippen molar-refractivity contribution in [1.29, 1.82) is 0 Å². The van der Waals surface area contributed by atoms with Crippen LogP contribution in [0.4, 0.5) is 11.4 Å². The summed E-state index contributed by atoms with van der Waals surface area (Å²) < 4.78 is 10.7. The summed E-state index contributed by atoms with van der Waals surface area (Å²) in [6.45, 7) is 3.55. The van der Waals surface area contributed by atoms with Gasteiger partial charge in [-0.15, -0.1) is 0 Å². The molecular formula is C32H20N2NiO6. The van der Waals surface area contributed by atoms with Gasteiger partial charge in [0.1, 0.15) is 11.2 Å². The molecule has 0 saturated heterocycles. The molecule has 0 radical (unpaired) electrons. The monoisotopic (exact) mass is 586 g/mol. The second kappa shape index (κ2) is 10.9. The molecule has 0 saturated carbocycles. The molecule has 0 unspecified atom stereocenters. The van der Waals surface area contributed by atoms with E-state index < -0.39 is 11.3 Å². The fraction of sp³-hybridized carbons (Fsp3) is 0.0625. The Morgan fingerprint density at radius 1 is 0.659 bits per heavy atom. The molecule has 0 atom stereocenters. The molecule has 0 fully saturated rings. The van der Waals surface area contributed by atoms with Crippen molar-refractivity contribution in [3.63, 3.8) is 0 Å². The number of nitrogens with zero attached hydrogens (tertiary/aromatic N) is 2. The molecule has 0 aliphatic heterocycles. The maximum absolute atomic E-state index is 12.7. The molecule has 0 aliphatic carbocycles. The van der Waals surface area contributed by atoms with Gasteiger partial charge in [-0.1, -0.05) is 60.0 Å². The van der Waals surface area contributed by atoms with E-state index in [9.17, 15) is 19.8 Å². The van der Waals surface area contributed by atoms with Crippen molar-refractivity contribution in [1.82, 2.24) is 0 Å². The third kappa shape index (κ3) is 5.03. The molecule has 0 aliphatic rings. The van der Waals surface area contributed by atoms with E-state index in [1.165, 1.54) is 36.7 Å². The fourth-order valence-electron chi connectivity index (χ4n) is 4.80. The Hall–Kier alpha value is -5.01. The largest absolute Gasteiger partial charge is 2.00 e. The Bertz CT molecular complexity index is 2010. The predicted molar refractivity (Wildman–Crippen MR) is 152 cm³/mol. The summed E-state index contributed by atoms with van der Waals surface area (Å²) in [6, 6.07) is 19.8. The van der Waals surface area contributed by atoms with Gasteiger partial charge in [0, 0.05) is 51.8 Å². The molecule has 6 aromatic rings. The maximum atomic E-state index is 12.7. The van der Waals surface area contributed by atoms with Crippen LogP contribution in [0.15, 0.2) is 101 Å². The van der Waals surface area contributed by atoms with E-state index in [4.69, 9.17) is 8.83 Å². The Morgan fingerprint density at radius 3 is 1.54 bits per heavy atom. The van der Waals surface area contributed by atoms with Gasteiger partial charge in [0.2, 0.25) is 0 Å². The molecule has 2 aromatic heterocycles. The summed E-state index contributed by atoms with van der Waals surface area (Å²) in [5.41, 5.74) is 1.99. The molecule has 6 rings (SSSR count). The summed E-state index contributed by atoms with van der Waals surface area (Å²) in [7, 11) is 0. The predicted octanol–water partition coefficient (Wildman–Crippen LogP) is 5.32. The van der Waals surface area contributed by atoms with Crippen LogP contribution in [0.5, 0.6) is 11.5 Å². The van der Waals surface area contributed by atoms with Crippen LogP contribution in [0, 0.1) is 13.8 Å². The average molecular weight is 587 g/mol. The Morgan fingerprint density at radius 2 is 1.10 bits per heavy atom. The maximum Gasteiger partial charge on any atom is 2.00 e. The van der Waals surface area contributed by atoms with Gasteiger partial charge >= 0.3 is 27.7 Å². The molecular weight excluding hydrogens is 567 g/mol. The number of benzene rings is 4. The first kappa shape index (κ1) is 27.6. The molecule has 204 valence electrons. The van der Waals surface area contributed by atoms with Crippen LogP contribution >= 0.6 is 0 Å². The van der Waals surface area contributed by atoms with E-state index in [2.05, 4.69) is 9.98 Å². The summed E-state index contributed by atoms with van der Waals surface area (Å²) in [6.07, 6.45) is 2.78. The van der Waals surface area contributed by atoms with Crippen molar-refractivity contribution >= 4 is 56.5 Å². The van der Waals surface area contributed by atoms with Crippen LogP contribution in [0.1, 0.15) is 22.3 Å². The molecule has 0 spiro atoms. The normalized spacial score (nSPS) is 11.7. The van der Waals surface area contributed by atoms with Crippen molar-refractivity contribution in [2.24, 2.45) is 9.98 Å². The van der Waals surface area contributed by atoms with E-state index in [0.29, 0.717) is 38.7 Å². The van der Waals surface area contributed by atoms with E-state index in [-0.39, 0.29) is 50.3 Å². The van der Waals surface area contributed by atoms with Crippen molar-refractivity contribution < 1.29 is 35.5 Å².